The van der Waals surface area contributed by atoms with Crippen molar-refractivity contribution < 1.29 is 9.59 Å². The highest BCUT2D eigenvalue weighted by Gasteiger charge is 2.18. The van der Waals surface area contributed by atoms with Crippen LogP contribution < -0.4 is 0 Å². The van der Waals surface area contributed by atoms with Gasteiger partial charge < -0.3 is 9.80 Å². The van der Waals surface area contributed by atoms with Crippen LogP contribution in [0.3, 0.4) is 0 Å². The third-order valence-corrected chi connectivity index (χ3v) is 3.61. The molecule has 0 aliphatic carbocycles. The van der Waals surface area contributed by atoms with Gasteiger partial charge in [-0.2, -0.15) is 0 Å². The van der Waals surface area contributed by atoms with E-state index in [2.05, 4.69) is 31.9 Å². The SMILES string of the molecule is O=C(CBr)N1CCCN(C(=O)CBr)CCC1. The third kappa shape index (κ3) is 4.05. The largest absolute Gasteiger partial charge is 0.342 e. The van der Waals surface area contributed by atoms with Crippen molar-refractivity contribution >= 4 is 43.7 Å². The van der Waals surface area contributed by atoms with Gasteiger partial charge in [-0.3, -0.25) is 9.59 Å². The first-order chi connectivity index (χ1) is 7.69. The van der Waals surface area contributed by atoms with E-state index in [1.807, 2.05) is 9.80 Å². The van der Waals surface area contributed by atoms with Crippen LogP contribution in [0.25, 0.3) is 0 Å². The van der Waals surface area contributed by atoms with Gasteiger partial charge in [0.1, 0.15) is 0 Å². The van der Waals surface area contributed by atoms with Crippen molar-refractivity contribution in [2.24, 2.45) is 0 Å². The summed E-state index contributed by atoms with van der Waals surface area (Å²) in [4.78, 5) is 26.7. The van der Waals surface area contributed by atoms with Crippen molar-refractivity contribution in [2.45, 2.75) is 12.8 Å². The molecule has 16 heavy (non-hydrogen) atoms. The third-order valence-electron chi connectivity index (χ3n) is 2.65. The fourth-order valence-electron chi connectivity index (χ4n) is 1.80. The van der Waals surface area contributed by atoms with E-state index in [9.17, 15) is 9.59 Å². The van der Waals surface area contributed by atoms with Gasteiger partial charge in [-0.25, -0.2) is 0 Å². The zero-order valence-corrected chi connectivity index (χ0v) is 12.3. The number of carbonyl (C=O) groups excluding carboxylic acids is 2. The summed E-state index contributed by atoms with van der Waals surface area (Å²) in [5.74, 6) is 0.278. The molecule has 6 heteroatoms. The van der Waals surface area contributed by atoms with Crippen LogP contribution in [-0.4, -0.2) is 58.5 Å². The first-order valence-electron chi connectivity index (χ1n) is 5.36. The maximum atomic E-state index is 11.5. The molecule has 0 N–H and O–H groups in total. The first-order valence-corrected chi connectivity index (χ1v) is 7.60. The number of nitrogens with zero attached hydrogens (tertiary/aromatic N) is 2. The van der Waals surface area contributed by atoms with Crippen molar-refractivity contribution in [3.05, 3.63) is 0 Å². The summed E-state index contributed by atoms with van der Waals surface area (Å²) in [7, 11) is 0. The fraction of sp³-hybridized carbons (Fsp3) is 0.800. The highest BCUT2D eigenvalue weighted by molar-refractivity contribution is 9.09. The zero-order valence-electron chi connectivity index (χ0n) is 9.12. The summed E-state index contributed by atoms with van der Waals surface area (Å²) in [5, 5.41) is 0.772. The molecule has 0 atom stereocenters. The molecule has 0 saturated carbocycles. The number of rotatable bonds is 2. The second-order valence-corrected chi connectivity index (χ2v) is 4.86. The summed E-state index contributed by atoms with van der Waals surface area (Å²) in [5.41, 5.74) is 0. The molecule has 2 amide bonds. The number of hydrogen-bond acceptors (Lipinski definition) is 2. The van der Waals surface area contributed by atoms with E-state index >= 15 is 0 Å². The summed E-state index contributed by atoms with van der Waals surface area (Å²) < 4.78 is 0. The Morgan fingerprint density at radius 2 is 1.12 bits per heavy atom. The van der Waals surface area contributed by atoms with Gasteiger partial charge in [0.05, 0.1) is 10.7 Å². The monoisotopic (exact) mass is 354 g/mol. The molecule has 1 fully saturated rings. The molecule has 1 aliphatic heterocycles. The van der Waals surface area contributed by atoms with Crippen molar-refractivity contribution in [3.63, 3.8) is 0 Å². The molecule has 0 unspecified atom stereocenters. The molecule has 4 nitrogen and oxygen atoms in total. The summed E-state index contributed by atoms with van der Waals surface area (Å²) in [6, 6.07) is 0. The van der Waals surface area contributed by atoms with Crippen molar-refractivity contribution in [1.82, 2.24) is 9.80 Å². The minimum atomic E-state index is 0.139. The average molecular weight is 356 g/mol. The molecule has 0 radical (unpaired) electrons. The second-order valence-electron chi connectivity index (χ2n) is 3.74. The number of alkyl halides is 2. The van der Waals surface area contributed by atoms with Crippen LogP contribution in [0.4, 0.5) is 0 Å². The van der Waals surface area contributed by atoms with E-state index < -0.39 is 0 Å². The van der Waals surface area contributed by atoms with Crippen molar-refractivity contribution in [1.29, 1.82) is 0 Å². The van der Waals surface area contributed by atoms with Gasteiger partial charge in [-0.15, -0.1) is 0 Å². The van der Waals surface area contributed by atoms with Crippen molar-refractivity contribution in [3.8, 4) is 0 Å². The van der Waals surface area contributed by atoms with Gasteiger partial charge in [-0.05, 0) is 12.8 Å². The van der Waals surface area contributed by atoms with Gasteiger partial charge >= 0.3 is 0 Å². The molecular weight excluding hydrogens is 340 g/mol. The van der Waals surface area contributed by atoms with Gasteiger partial charge in [0.15, 0.2) is 0 Å². The molecule has 1 rings (SSSR count). The quantitative estimate of drug-likeness (QED) is 0.699. The summed E-state index contributed by atoms with van der Waals surface area (Å²) in [6.07, 6.45) is 1.72. The number of carbonyl (C=O) groups is 2. The lowest BCUT2D eigenvalue weighted by Crippen LogP contribution is -2.42. The molecular formula is C10H16Br2N2O2. The van der Waals surface area contributed by atoms with Crippen LogP contribution >= 0.6 is 31.9 Å². The van der Waals surface area contributed by atoms with Crippen LogP contribution in [-0.2, 0) is 9.59 Å². The smallest absolute Gasteiger partial charge is 0.233 e. The highest BCUT2D eigenvalue weighted by atomic mass is 79.9. The Hall–Kier alpha value is -0.100. The topological polar surface area (TPSA) is 40.6 Å². The molecule has 0 aromatic heterocycles. The minimum Gasteiger partial charge on any atom is -0.342 e. The van der Waals surface area contributed by atoms with E-state index in [0.29, 0.717) is 10.7 Å². The molecule has 0 aromatic carbocycles. The summed E-state index contributed by atoms with van der Waals surface area (Å²) >= 11 is 6.36. The van der Waals surface area contributed by atoms with Gasteiger partial charge in [0.25, 0.3) is 0 Å². The average Bonchev–Trinajstić information content (AvgIpc) is 2.27. The minimum absolute atomic E-state index is 0.139. The molecule has 1 heterocycles. The first kappa shape index (κ1) is 14.0. The normalized spacial score (nSPS) is 17.9. The molecule has 1 saturated heterocycles. The lowest BCUT2D eigenvalue weighted by atomic mass is 10.2. The number of amides is 2. The van der Waals surface area contributed by atoms with Crippen LogP contribution in [0.5, 0.6) is 0 Å². The molecule has 0 spiro atoms. The Kier molecular flexibility index (Phi) is 6.34. The van der Waals surface area contributed by atoms with E-state index in [0.717, 1.165) is 39.0 Å². The predicted octanol–water partition coefficient (Wildman–Crippen LogP) is 1.23. The Bertz CT molecular complexity index is 227. The van der Waals surface area contributed by atoms with E-state index in [1.54, 1.807) is 0 Å². The van der Waals surface area contributed by atoms with Crippen LogP contribution in [0, 0.1) is 0 Å². The number of hydrogen-bond donors (Lipinski definition) is 0. The Morgan fingerprint density at radius 1 is 0.812 bits per heavy atom. The van der Waals surface area contributed by atoms with Crippen molar-refractivity contribution in [2.75, 3.05) is 36.8 Å². The molecule has 1 aliphatic rings. The maximum Gasteiger partial charge on any atom is 0.233 e. The molecule has 92 valence electrons. The van der Waals surface area contributed by atoms with Crippen LogP contribution in [0.15, 0.2) is 0 Å². The van der Waals surface area contributed by atoms with Crippen LogP contribution in [0.1, 0.15) is 12.8 Å². The van der Waals surface area contributed by atoms with Gasteiger partial charge in [0, 0.05) is 26.2 Å². The zero-order chi connectivity index (χ0) is 12.0. The van der Waals surface area contributed by atoms with Gasteiger partial charge in [0.2, 0.25) is 11.8 Å². The van der Waals surface area contributed by atoms with Crippen LogP contribution in [0.2, 0.25) is 0 Å². The standard InChI is InChI=1S/C10H16Br2N2O2/c11-7-9(15)13-3-1-4-14(6-2-5-13)10(16)8-12/h1-8H2. The van der Waals surface area contributed by atoms with E-state index in [1.165, 1.54) is 0 Å². The Labute approximate surface area is 113 Å². The Balaban J connectivity index is 2.43. The molecule has 0 aromatic rings. The maximum absolute atomic E-state index is 11.5. The molecule has 0 bridgehead atoms. The summed E-state index contributed by atoms with van der Waals surface area (Å²) in [6.45, 7) is 2.99. The van der Waals surface area contributed by atoms with Gasteiger partial charge in [-0.1, -0.05) is 31.9 Å². The highest BCUT2D eigenvalue weighted by Crippen LogP contribution is 2.06. The lowest BCUT2D eigenvalue weighted by molar-refractivity contribution is -0.130. The van der Waals surface area contributed by atoms with E-state index in [-0.39, 0.29) is 11.8 Å². The Morgan fingerprint density at radius 3 is 1.38 bits per heavy atom. The van der Waals surface area contributed by atoms with E-state index in [4.69, 9.17) is 0 Å². The predicted molar refractivity (Wildman–Crippen MR) is 70.0 cm³/mol. The lowest BCUT2D eigenvalue weighted by Gasteiger charge is -2.30. The second kappa shape index (κ2) is 7.27. The fourth-order valence-corrected chi connectivity index (χ4v) is 2.51. The number of halogens is 2.